The smallest absolute Gasteiger partial charge is 0.408 e. The third-order valence-electron chi connectivity index (χ3n) is 8.18. The van der Waals surface area contributed by atoms with E-state index in [9.17, 15) is 24.0 Å². The number of imide groups is 1. The molecule has 0 radical (unpaired) electrons. The number of ether oxygens (including phenoxy) is 2. The Kier molecular flexibility index (Phi) is 8.68. The molecule has 3 aliphatic heterocycles. The molecule has 2 aromatic heterocycles. The monoisotopic (exact) mass is 636 g/mol. The molecule has 0 unspecified atom stereocenters. The summed E-state index contributed by atoms with van der Waals surface area (Å²) in [4.78, 5) is 71.7. The van der Waals surface area contributed by atoms with Crippen LogP contribution >= 0.6 is 21.6 Å². The average Bonchev–Trinajstić information content (AvgIpc) is 3.36. The lowest BCUT2D eigenvalue weighted by Gasteiger charge is -2.35. The highest BCUT2D eigenvalue weighted by Gasteiger charge is 2.50. The molecule has 0 bridgehead atoms. The molecule has 1 atom stereocenters. The molecule has 3 amide bonds. The molecule has 44 heavy (non-hydrogen) atoms. The molecule has 0 saturated carbocycles. The highest BCUT2D eigenvalue weighted by atomic mass is 33.1. The van der Waals surface area contributed by atoms with Gasteiger partial charge in [0, 0.05) is 53.9 Å². The summed E-state index contributed by atoms with van der Waals surface area (Å²) < 4.78 is 12.8. The summed E-state index contributed by atoms with van der Waals surface area (Å²) in [5, 5.41) is 3.54. The molecular formula is C31H32N4O7S2. The van der Waals surface area contributed by atoms with Crippen molar-refractivity contribution < 1.29 is 28.7 Å². The second kappa shape index (κ2) is 12.6. The van der Waals surface area contributed by atoms with Crippen molar-refractivity contribution in [1.82, 2.24) is 19.8 Å². The third-order valence-corrected chi connectivity index (χ3v) is 10.8. The molecule has 1 aromatic carbocycles. The van der Waals surface area contributed by atoms with Crippen molar-refractivity contribution >= 4 is 56.4 Å². The summed E-state index contributed by atoms with van der Waals surface area (Å²) in [7, 11) is 3.41. The zero-order chi connectivity index (χ0) is 30.8. The minimum Gasteiger partial charge on any atom is -0.457 e. The molecule has 3 aromatic rings. The molecule has 13 heteroatoms. The number of carbonyl (C=O) groups is 4. The number of benzene rings is 1. The summed E-state index contributed by atoms with van der Waals surface area (Å²) in [6.07, 6.45) is 0.920. The Balaban J connectivity index is 1.24. The number of nitrogens with zero attached hydrogens (tertiary/aromatic N) is 3. The van der Waals surface area contributed by atoms with Gasteiger partial charge in [-0.3, -0.25) is 19.3 Å². The lowest BCUT2D eigenvalue weighted by Crippen LogP contribution is -2.49. The number of nitrogens with one attached hydrogen (secondary N) is 1. The predicted octanol–water partition coefficient (Wildman–Crippen LogP) is 4.12. The molecule has 1 N–H and O–H groups in total. The topological polar surface area (TPSA) is 137 Å². The number of rotatable bonds is 5. The van der Waals surface area contributed by atoms with Crippen molar-refractivity contribution in [3.8, 4) is 11.4 Å². The largest absolute Gasteiger partial charge is 0.457 e. The molecular weight excluding hydrogens is 604 g/mol. The molecule has 11 nitrogen and oxygen atoms in total. The molecule has 5 heterocycles. The Morgan fingerprint density at radius 2 is 1.80 bits per heavy atom. The van der Waals surface area contributed by atoms with E-state index in [1.807, 2.05) is 30.3 Å². The fraction of sp³-hybridized carbons (Fsp3) is 0.419. The van der Waals surface area contributed by atoms with Crippen LogP contribution in [0.15, 0.2) is 41.2 Å². The van der Waals surface area contributed by atoms with E-state index in [0.717, 1.165) is 28.0 Å². The van der Waals surface area contributed by atoms with E-state index in [-0.39, 0.29) is 67.5 Å². The van der Waals surface area contributed by atoms with Crippen molar-refractivity contribution in [2.45, 2.75) is 57.8 Å². The minimum absolute atomic E-state index is 0.0154. The van der Waals surface area contributed by atoms with Crippen molar-refractivity contribution in [2.75, 3.05) is 24.6 Å². The van der Waals surface area contributed by atoms with E-state index in [2.05, 4.69) is 5.32 Å². The van der Waals surface area contributed by atoms with Crippen LogP contribution in [0.5, 0.6) is 0 Å². The van der Waals surface area contributed by atoms with Crippen molar-refractivity contribution in [1.29, 1.82) is 0 Å². The van der Waals surface area contributed by atoms with Crippen LogP contribution in [-0.2, 0) is 42.6 Å². The van der Waals surface area contributed by atoms with E-state index in [1.54, 1.807) is 39.1 Å². The number of hydrogen-bond donors (Lipinski definition) is 1. The van der Waals surface area contributed by atoms with Gasteiger partial charge in [0.15, 0.2) is 0 Å². The molecule has 230 valence electrons. The van der Waals surface area contributed by atoms with Crippen molar-refractivity contribution in [3.05, 3.63) is 63.4 Å². The number of hydrogen-bond acceptors (Lipinski definition) is 10. The van der Waals surface area contributed by atoms with E-state index < -0.39 is 17.7 Å². The van der Waals surface area contributed by atoms with Gasteiger partial charge in [0.1, 0.15) is 6.61 Å². The Labute approximate surface area is 261 Å². The fourth-order valence-electron chi connectivity index (χ4n) is 5.89. The number of esters is 1. The minimum atomic E-state index is -1.86. The van der Waals surface area contributed by atoms with Crippen LogP contribution in [0.4, 0.5) is 4.79 Å². The van der Waals surface area contributed by atoms with Gasteiger partial charge in [-0.05, 0) is 37.5 Å². The van der Waals surface area contributed by atoms with Gasteiger partial charge in [0.25, 0.3) is 5.56 Å². The van der Waals surface area contributed by atoms with Crippen LogP contribution in [0.3, 0.4) is 0 Å². The first kappa shape index (κ1) is 30.2. The molecule has 1 fully saturated rings. The number of alkyl carbamates (subject to hydrolysis) is 1. The van der Waals surface area contributed by atoms with E-state index in [0.29, 0.717) is 30.8 Å². The first-order valence-corrected chi connectivity index (χ1v) is 17.2. The lowest BCUT2D eigenvalue weighted by molar-refractivity contribution is -0.172. The highest BCUT2D eigenvalue weighted by Crippen LogP contribution is 2.41. The highest BCUT2D eigenvalue weighted by molar-refractivity contribution is 8.76. The first-order chi connectivity index (χ1) is 21.3. The zero-order valence-corrected chi connectivity index (χ0v) is 25.9. The van der Waals surface area contributed by atoms with Gasteiger partial charge in [-0.25, -0.2) is 14.6 Å². The predicted molar refractivity (Wildman–Crippen MR) is 167 cm³/mol. The maximum absolute atomic E-state index is 13.7. The van der Waals surface area contributed by atoms with Crippen LogP contribution in [0.1, 0.15) is 55.7 Å². The standard InChI is InChI=1S/C31H32N4O7S2/c1-2-31(42-30(40)32-11-12-34-25(36)9-5-13-43-44-14-6-10-26(34)37)22-16-24-27-20(15-19-7-3-4-8-23(19)33-27)17-35(24)28(38)21(22)18-41-29(31)39/h3-4,7-8,15-16H,2,5-6,9-14,17-18H2,1H3,(H,32,40)/t31-/m0/s1. The zero-order valence-electron chi connectivity index (χ0n) is 24.3. The summed E-state index contributed by atoms with van der Waals surface area (Å²) in [6.45, 7) is 1.70. The Bertz CT molecular complexity index is 1700. The van der Waals surface area contributed by atoms with Crippen LogP contribution in [0.25, 0.3) is 22.3 Å². The second-order valence-corrected chi connectivity index (χ2v) is 13.6. The van der Waals surface area contributed by atoms with Crippen LogP contribution < -0.4 is 10.9 Å². The van der Waals surface area contributed by atoms with E-state index >= 15 is 0 Å². The van der Waals surface area contributed by atoms with Gasteiger partial charge < -0.3 is 19.4 Å². The normalized spacial score (nSPS) is 20.3. The maximum Gasteiger partial charge on any atom is 0.408 e. The SMILES string of the molecule is CC[C@@]1(OC(=O)NCCN2C(=O)CCCSSCCCC2=O)C(=O)OCc2c1cc1n(c2=O)Cc2cc3ccccc3nc2-1. The van der Waals surface area contributed by atoms with Gasteiger partial charge in [0.2, 0.25) is 17.4 Å². The van der Waals surface area contributed by atoms with Crippen molar-refractivity contribution in [3.63, 3.8) is 0 Å². The molecule has 3 aliphatic rings. The Morgan fingerprint density at radius 3 is 2.52 bits per heavy atom. The number of carbonyl (C=O) groups excluding carboxylic acids is 4. The van der Waals surface area contributed by atoms with E-state index in [1.165, 1.54) is 4.90 Å². The van der Waals surface area contributed by atoms with Gasteiger partial charge in [-0.1, -0.05) is 46.7 Å². The number of fused-ring (bicyclic) bond motifs is 5. The van der Waals surface area contributed by atoms with Gasteiger partial charge >= 0.3 is 12.1 Å². The van der Waals surface area contributed by atoms with Crippen LogP contribution in [0, 0.1) is 0 Å². The summed E-state index contributed by atoms with van der Waals surface area (Å²) in [5.41, 5.74) is 1.17. The third kappa shape index (κ3) is 5.58. The average molecular weight is 637 g/mol. The van der Waals surface area contributed by atoms with Crippen molar-refractivity contribution in [2.24, 2.45) is 0 Å². The number of para-hydroxylation sites is 1. The van der Waals surface area contributed by atoms with Gasteiger partial charge in [0.05, 0.1) is 29.0 Å². The number of amides is 3. The van der Waals surface area contributed by atoms with E-state index in [4.69, 9.17) is 14.5 Å². The van der Waals surface area contributed by atoms with Crippen LogP contribution in [-0.4, -0.2) is 62.9 Å². The summed E-state index contributed by atoms with van der Waals surface area (Å²) >= 11 is 0. The fourth-order valence-corrected chi connectivity index (χ4v) is 8.06. The summed E-state index contributed by atoms with van der Waals surface area (Å²) in [5.74, 6) is 0.326. The molecule has 0 aliphatic carbocycles. The second-order valence-electron chi connectivity index (χ2n) is 10.9. The van der Waals surface area contributed by atoms with Crippen LogP contribution in [0.2, 0.25) is 0 Å². The Morgan fingerprint density at radius 1 is 1.07 bits per heavy atom. The number of pyridine rings is 2. The molecule has 6 rings (SSSR count). The number of aromatic nitrogens is 2. The quantitative estimate of drug-likeness (QED) is 0.194. The maximum atomic E-state index is 13.7. The number of cyclic esters (lactones) is 1. The Hall–Kier alpha value is -3.84. The van der Waals surface area contributed by atoms with Gasteiger partial charge in [-0.15, -0.1) is 0 Å². The first-order valence-electron chi connectivity index (χ1n) is 14.7. The van der Waals surface area contributed by atoms with Gasteiger partial charge in [-0.2, -0.15) is 0 Å². The molecule has 0 spiro atoms. The molecule has 1 saturated heterocycles. The lowest BCUT2D eigenvalue weighted by atomic mass is 9.85. The summed E-state index contributed by atoms with van der Waals surface area (Å²) in [6, 6.07) is 11.4.